The van der Waals surface area contributed by atoms with Crippen LogP contribution >= 0.6 is 11.6 Å². The van der Waals surface area contributed by atoms with Crippen LogP contribution in [-0.4, -0.2) is 8.42 Å². The molecule has 0 atom stereocenters. The van der Waals surface area contributed by atoms with Crippen LogP contribution in [0, 0.1) is 11.6 Å². The summed E-state index contributed by atoms with van der Waals surface area (Å²) in [7, 11) is -4.32. The fraction of sp³-hybridized carbons (Fsp3) is 0.0526. The van der Waals surface area contributed by atoms with E-state index in [1.165, 1.54) is 24.3 Å². The van der Waals surface area contributed by atoms with E-state index in [1.54, 1.807) is 30.3 Å². The molecule has 134 valence electrons. The van der Waals surface area contributed by atoms with E-state index >= 15 is 0 Å². The van der Waals surface area contributed by atoms with E-state index in [9.17, 15) is 17.2 Å². The molecule has 0 unspecified atom stereocenters. The summed E-state index contributed by atoms with van der Waals surface area (Å²) >= 11 is 5.85. The third-order valence-corrected chi connectivity index (χ3v) is 5.75. The normalized spacial score (nSPS) is 11.3. The van der Waals surface area contributed by atoms with Crippen molar-refractivity contribution >= 4 is 27.3 Å². The first-order valence-electron chi connectivity index (χ1n) is 7.65. The van der Waals surface area contributed by atoms with Gasteiger partial charge >= 0.3 is 0 Å². The van der Waals surface area contributed by atoms with E-state index in [-0.39, 0.29) is 17.3 Å². The molecule has 0 aliphatic heterocycles. The van der Waals surface area contributed by atoms with Crippen LogP contribution < -0.4 is 4.31 Å². The molecule has 3 rings (SSSR count). The molecule has 0 heterocycles. The predicted octanol–water partition coefficient (Wildman–Crippen LogP) is 5.01. The number of hydrogen-bond donors (Lipinski definition) is 0. The highest BCUT2D eigenvalue weighted by molar-refractivity contribution is 7.92. The lowest BCUT2D eigenvalue weighted by Crippen LogP contribution is -2.31. The second-order valence-corrected chi connectivity index (χ2v) is 7.82. The maximum absolute atomic E-state index is 14.2. The van der Waals surface area contributed by atoms with Gasteiger partial charge in [-0.25, -0.2) is 17.2 Å². The zero-order valence-corrected chi connectivity index (χ0v) is 15.0. The van der Waals surface area contributed by atoms with Gasteiger partial charge in [0, 0.05) is 5.02 Å². The number of hydrogen-bond acceptors (Lipinski definition) is 2. The summed E-state index contributed by atoms with van der Waals surface area (Å²) in [6.07, 6.45) is 0. The molecule has 0 fully saturated rings. The molecule has 3 aromatic carbocycles. The standard InChI is InChI=1S/C19H14ClF2NO2S/c20-15-9-10-18(22)19(11-15)26(24,25)23(13-14-5-2-1-3-6-14)17-8-4-7-16(21)12-17/h1-12H,13H2. The molecule has 7 heteroatoms. The predicted molar refractivity (Wildman–Crippen MR) is 97.6 cm³/mol. The van der Waals surface area contributed by atoms with E-state index in [1.807, 2.05) is 0 Å². The Kier molecular flexibility index (Phi) is 5.25. The first kappa shape index (κ1) is 18.4. The minimum atomic E-state index is -4.32. The van der Waals surface area contributed by atoms with Crippen LogP contribution in [0.5, 0.6) is 0 Å². The van der Waals surface area contributed by atoms with Crippen LogP contribution in [-0.2, 0) is 16.6 Å². The van der Waals surface area contributed by atoms with Crippen molar-refractivity contribution in [1.82, 2.24) is 0 Å². The van der Waals surface area contributed by atoms with Crippen LogP contribution in [0.2, 0.25) is 5.02 Å². The van der Waals surface area contributed by atoms with Gasteiger partial charge in [-0.2, -0.15) is 0 Å². The van der Waals surface area contributed by atoms with Crippen molar-refractivity contribution in [2.45, 2.75) is 11.4 Å². The van der Waals surface area contributed by atoms with Crippen molar-refractivity contribution in [3.8, 4) is 0 Å². The summed E-state index contributed by atoms with van der Waals surface area (Å²) in [5.41, 5.74) is 0.760. The van der Waals surface area contributed by atoms with Crippen molar-refractivity contribution in [3.05, 3.63) is 95.0 Å². The van der Waals surface area contributed by atoms with Gasteiger partial charge in [-0.1, -0.05) is 48.0 Å². The molecule has 0 saturated heterocycles. The fourth-order valence-electron chi connectivity index (χ4n) is 2.49. The van der Waals surface area contributed by atoms with Crippen LogP contribution in [0.3, 0.4) is 0 Å². The minimum absolute atomic E-state index is 0.0847. The number of sulfonamides is 1. The topological polar surface area (TPSA) is 37.4 Å². The van der Waals surface area contributed by atoms with Crippen LogP contribution in [0.25, 0.3) is 0 Å². The van der Waals surface area contributed by atoms with Gasteiger partial charge in [-0.05, 0) is 42.0 Å². The lowest BCUT2D eigenvalue weighted by atomic mass is 10.2. The van der Waals surface area contributed by atoms with Crippen molar-refractivity contribution in [1.29, 1.82) is 0 Å². The van der Waals surface area contributed by atoms with Gasteiger partial charge in [-0.3, -0.25) is 4.31 Å². The average Bonchev–Trinajstić information content (AvgIpc) is 2.62. The molecule has 0 aliphatic carbocycles. The molecule has 26 heavy (non-hydrogen) atoms. The molecule has 3 nitrogen and oxygen atoms in total. The summed E-state index contributed by atoms with van der Waals surface area (Å²) in [5, 5.41) is 0.0869. The Morgan fingerprint density at radius 2 is 1.62 bits per heavy atom. The Bertz CT molecular complexity index is 1030. The number of halogens is 3. The summed E-state index contributed by atoms with van der Waals surface area (Å²) in [5.74, 6) is -1.52. The first-order chi connectivity index (χ1) is 12.4. The van der Waals surface area contributed by atoms with E-state index in [0.29, 0.717) is 5.56 Å². The van der Waals surface area contributed by atoms with Crippen molar-refractivity contribution in [2.24, 2.45) is 0 Å². The Hall–Kier alpha value is -2.44. The molecule has 0 bridgehead atoms. The summed E-state index contributed by atoms with van der Waals surface area (Å²) in [4.78, 5) is -0.565. The number of nitrogens with zero attached hydrogens (tertiary/aromatic N) is 1. The molecule has 0 aliphatic rings. The summed E-state index contributed by atoms with van der Waals surface area (Å²) < 4.78 is 55.1. The molecule has 0 saturated carbocycles. The summed E-state index contributed by atoms with van der Waals surface area (Å²) in [6, 6.07) is 17.2. The molecule has 0 aromatic heterocycles. The Balaban J connectivity index is 2.14. The molecular weight excluding hydrogens is 380 g/mol. The highest BCUT2D eigenvalue weighted by Crippen LogP contribution is 2.29. The maximum Gasteiger partial charge on any atom is 0.267 e. The number of anilines is 1. The molecule has 0 spiro atoms. The zero-order chi connectivity index (χ0) is 18.7. The number of rotatable bonds is 5. The molecular formula is C19H14ClF2NO2S. The van der Waals surface area contributed by atoms with Gasteiger partial charge in [0.15, 0.2) is 0 Å². The Morgan fingerprint density at radius 3 is 2.31 bits per heavy atom. The number of benzene rings is 3. The third-order valence-electron chi connectivity index (χ3n) is 3.73. The van der Waals surface area contributed by atoms with Crippen LogP contribution in [0.15, 0.2) is 77.7 Å². The molecule has 0 amide bonds. The Labute approximate surface area is 155 Å². The van der Waals surface area contributed by atoms with Gasteiger partial charge in [0.25, 0.3) is 10.0 Å². The van der Waals surface area contributed by atoms with Crippen molar-refractivity contribution < 1.29 is 17.2 Å². The Morgan fingerprint density at radius 1 is 0.885 bits per heavy atom. The van der Waals surface area contributed by atoms with E-state index < -0.39 is 26.6 Å². The quantitative estimate of drug-likeness (QED) is 0.610. The minimum Gasteiger partial charge on any atom is -0.262 e. The lowest BCUT2D eigenvalue weighted by Gasteiger charge is -2.25. The van der Waals surface area contributed by atoms with Gasteiger partial charge in [0.1, 0.15) is 16.5 Å². The van der Waals surface area contributed by atoms with E-state index in [0.717, 1.165) is 22.5 Å². The average molecular weight is 394 g/mol. The van der Waals surface area contributed by atoms with Gasteiger partial charge in [0.2, 0.25) is 0 Å². The SMILES string of the molecule is O=S(=O)(c1cc(Cl)ccc1F)N(Cc1ccccc1)c1cccc(F)c1. The maximum atomic E-state index is 14.2. The van der Waals surface area contributed by atoms with Gasteiger partial charge in [-0.15, -0.1) is 0 Å². The van der Waals surface area contributed by atoms with Crippen molar-refractivity contribution in [2.75, 3.05) is 4.31 Å². The van der Waals surface area contributed by atoms with Crippen LogP contribution in [0.4, 0.5) is 14.5 Å². The van der Waals surface area contributed by atoms with E-state index in [4.69, 9.17) is 11.6 Å². The highest BCUT2D eigenvalue weighted by Gasteiger charge is 2.28. The fourth-order valence-corrected chi connectivity index (χ4v) is 4.26. The monoisotopic (exact) mass is 393 g/mol. The van der Waals surface area contributed by atoms with Gasteiger partial charge in [0.05, 0.1) is 12.2 Å². The molecule has 0 radical (unpaired) electrons. The van der Waals surface area contributed by atoms with Gasteiger partial charge < -0.3 is 0 Å². The van der Waals surface area contributed by atoms with Crippen LogP contribution in [0.1, 0.15) is 5.56 Å². The zero-order valence-electron chi connectivity index (χ0n) is 13.4. The largest absolute Gasteiger partial charge is 0.267 e. The summed E-state index contributed by atoms with van der Waals surface area (Å²) in [6.45, 7) is -0.0847. The highest BCUT2D eigenvalue weighted by atomic mass is 35.5. The third kappa shape index (κ3) is 3.86. The molecule has 0 N–H and O–H groups in total. The first-order valence-corrected chi connectivity index (χ1v) is 9.47. The van der Waals surface area contributed by atoms with E-state index in [2.05, 4.69) is 0 Å². The molecule has 3 aromatic rings. The second kappa shape index (κ2) is 7.43. The smallest absolute Gasteiger partial charge is 0.262 e. The lowest BCUT2D eigenvalue weighted by molar-refractivity contribution is 0.563. The second-order valence-electron chi connectivity index (χ2n) is 5.55. The van der Waals surface area contributed by atoms with Crippen molar-refractivity contribution in [3.63, 3.8) is 0 Å².